The molecule has 3 rings (SSSR count). The van der Waals surface area contributed by atoms with E-state index < -0.39 is 22.0 Å². The van der Waals surface area contributed by atoms with Crippen LogP contribution in [0.3, 0.4) is 0 Å². The van der Waals surface area contributed by atoms with E-state index in [-0.39, 0.29) is 17.9 Å². The van der Waals surface area contributed by atoms with E-state index in [2.05, 4.69) is 11.2 Å². The quantitative estimate of drug-likeness (QED) is 0.291. The smallest absolute Gasteiger partial charge is 0.257 e. The van der Waals surface area contributed by atoms with Crippen LogP contribution < -0.4 is 15.9 Å². The zero-order valence-electron chi connectivity index (χ0n) is 18.6. The van der Waals surface area contributed by atoms with Crippen molar-refractivity contribution in [1.29, 1.82) is 5.26 Å². The molecular formula is C25H25N5O3S. The Morgan fingerprint density at radius 1 is 1.12 bits per heavy atom. The predicted molar refractivity (Wildman–Crippen MR) is 133 cm³/mol. The molecule has 0 saturated carbocycles. The molecule has 0 saturated heterocycles. The second kappa shape index (κ2) is 10.7. The van der Waals surface area contributed by atoms with E-state index in [0.717, 1.165) is 21.0 Å². The van der Waals surface area contributed by atoms with Crippen LogP contribution in [-0.4, -0.2) is 32.3 Å². The number of hydrogen-bond acceptors (Lipinski definition) is 7. The monoisotopic (exact) mass is 475 g/mol. The minimum atomic E-state index is -3.94. The average molecular weight is 476 g/mol. The molecule has 34 heavy (non-hydrogen) atoms. The third kappa shape index (κ3) is 5.49. The molecule has 4 N–H and O–H groups in total. The van der Waals surface area contributed by atoms with Crippen molar-refractivity contribution in [2.24, 2.45) is 16.7 Å². The van der Waals surface area contributed by atoms with Crippen molar-refractivity contribution in [2.75, 3.05) is 10.1 Å². The fraction of sp³-hybridized carbons (Fsp3) is 0.160. The number of nitrogens with zero attached hydrogens (tertiary/aromatic N) is 3. The summed E-state index contributed by atoms with van der Waals surface area (Å²) in [6.45, 7) is 1.47. The molecule has 1 atom stereocenters. The Morgan fingerprint density at radius 3 is 2.47 bits per heavy atom. The van der Waals surface area contributed by atoms with Crippen molar-refractivity contribution in [2.45, 2.75) is 19.4 Å². The Balaban J connectivity index is 1.92. The van der Waals surface area contributed by atoms with Crippen LogP contribution in [-0.2, 0) is 21.2 Å². The average Bonchev–Trinajstić information content (AvgIpc) is 2.85. The fourth-order valence-corrected chi connectivity index (χ4v) is 4.65. The molecule has 0 heterocycles. The van der Waals surface area contributed by atoms with Crippen LogP contribution in [0.2, 0.25) is 0 Å². The standard InChI is InChI=1S/C25H25N5O3S/c1-2-34(32,33)30(25(31)24(27)15-18-6-5-7-19(14-18)17-29-28)22-12-10-20(11-13-22)23-9-4-3-8-21(23)16-26/h3-14,17,24H,2,15,27-28H2,1H3/t24-/m0/s1. The number of carbonyl (C=O) groups excluding carboxylic acids is 1. The molecule has 0 aliphatic heterocycles. The van der Waals surface area contributed by atoms with Gasteiger partial charge < -0.3 is 11.6 Å². The van der Waals surface area contributed by atoms with E-state index in [0.29, 0.717) is 11.1 Å². The molecule has 9 heteroatoms. The van der Waals surface area contributed by atoms with E-state index in [9.17, 15) is 18.5 Å². The van der Waals surface area contributed by atoms with Crippen LogP contribution in [0.4, 0.5) is 5.69 Å². The molecule has 8 nitrogen and oxygen atoms in total. The summed E-state index contributed by atoms with van der Waals surface area (Å²) in [5.41, 5.74) is 9.78. The zero-order chi connectivity index (χ0) is 24.7. The van der Waals surface area contributed by atoms with Gasteiger partial charge in [-0.1, -0.05) is 54.6 Å². The summed E-state index contributed by atoms with van der Waals surface area (Å²) in [6, 6.07) is 21.7. The maximum Gasteiger partial charge on any atom is 0.257 e. The molecule has 0 aromatic heterocycles. The van der Waals surface area contributed by atoms with Gasteiger partial charge in [-0.25, -0.2) is 12.7 Å². The number of sulfonamides is 1. The minimum absolute atomic E-state index is 0.133. The summed E-state index contributed by atoms with van der Waals surface area (Å²) in [7, 11) is -3.94. The number of nitriles is 1. The molecule has 0 spiro atoms. The first-order chi connectivity index (χ1) is 16.3. The van der Waals surface area contributed by atoms with E-state index in [4.69, 9.17) is 11.6 Å². The Morgan fingerprint density at radius 2 is 1.82 bits per heavy atom. The normalized spacial score (nSPS) is 12.3. The lowest BCUT2D eigenvalue weighted by molar-refractivity contribution is -0.118. The van der Waals surface area contributed by atoms with Gasteiger partial charge in [0.15, 0.2) is 0 Å². The van der Waals surface area contributed by atoms with Gasteiger partial charge in [0.25, 0.3) is 5.91 Å². The molecule has 0 unspecified atom stereocenters. The van der Waals surface area contributed by atoms with E-state index in [1.54, 1.807) is 66.7 Å². The first kappa shape index (κ1) is 24.6. The second-order valence-electron chi connectivity index (χ2n) is 7.54. The highest BCUT2D eigenvalue weighted by atomic mass is 32.2. The molecule has 0 radical (unpaired) electrons. The summed E-state index contributed by atoms with van der Waals surface area (Å²) in [5, 5.41) is 12.8. The van der Waals surface area contributed by atoms with Gasteiger partial charge in [0, 0.05) is 0 Å². The number of hydrogen-bond donors (Lipinski definition) is 2. The van der Waals surface area contributed by atoms with Crippen molar-refractivity contribution in [1.82, 2.24) is 0 Å². The highest BCUT2D eigenvalue weighted by Crippen LogP contribution is 2.27. The van der Waals surface area contributed by atoms with Gasteiger partial charge in [0.05, 0.1) is 35.3 Å². The molecule has 0 bridgehead atoms. The number of anilines is 1. The Bertz CT molecular complexity index is 1350. The molecule has 3 aromatic carbocycles. The van der Waals surface area contributed by atoms with E-state index >= 15 is 0 Å². The Kier molecular flexibility index (Phi) is 7.79. The Labute approximate surface area is 199 Å². The maximum absolute atomic E-state index is 13.3. The highest BCUT2D eigenvalue weighted by Gasteiger charge is 2.31. The number of nitrogens with two attached hydrogens (primary N) is 2. The van der Waals surface area contributed by atoms with E-state index in [1.165, 1.54) is 13.1 Å². The van der Waals surface area contributed by atoms with Crippen LogP contribution in [0.25, 0.3) is 11.1 Å². The van der Waals surface area contributed by atoms with Crippen molar-refractivity contribution >= 4 is 27.8 Å². The third-order valence-corrected chi connectivity index (χ3v) is 6.93. The van der Waals surface area contributed by atoms with Gasteiger partial charge in [0.1, 0.15) is 0 Å². The van der Waals surface area contributed by atoms with Crippen LogP contribution in [0, 0.1) is 11.3 Å². The van der Waals surface area contributed by atoms with Gasteiger partial charge in [-0.15, -0.1) is 0 Å². The topological polar surface area (TPSA) is 143 Å². The second-order valence-corrected chi connectivity index (χ2v) is 9.65. The Hall–Kier alpha value is -4.00. The molecule has 3 aromatic rings. The molecule has 0 fully saturated rings. The summed E-state index contributed by atoms with van der Waals surface area (Å²) < 4.78 is 26.5. The van der Waals surface area contributed by atoms with Crippen molar-refractivity contribution in [3.8, 4) is 17.2 Å². The summed E-state index contributed by atoms with van der Waals surface area (Å²) in [4.78, 5) is 13.3. The number of rotatable bonds is 8. The molecule has 0 aliphatic carbocycles. The molecule has 0 aliphatic rings. The van der Waals surface area contributed by atoms with Crippen molar-refractivity contribution in [3.63, 3.8) is 0 Å². The number of carbonyl (C=O) groups is 1. The van der Waals surface area contributed by atoms with Gasteiger partial charge >= 0.3 is 0 Å². The lowest BCUT2D eigenvalue weighted by Crippen LogP contribution is -2.48. The molecule has 1 amide bonds. The van der Waals surface area contributed by atoms with Crippen LogP contribution in [0.15, 0.2) is 77.9 Å². The summed E-state index contributed by atoms with van der Waals surface area (Å²) in [5.74, 6) is 4.19. The molecule has 174 valence electrons. The predicted octanol–water partition coefficient (Wildman–Crippen LogP) is 2.77. The van der Waals surface area contributed by atoms with Crippen LogP contribution in [0.1, 0.15) is 23.6 Å². The van der Waals surface area contributed by atoms with Crippen molar-refractivity contribution in [3.05, 3.63) is 89.5 Å². The van der Waals surface area contributed by atoms with Gasteiger partial charge in [-0.05, 0) is 53.8 Å². The number of hydrazone groups is 1. The lowest BCUT2D eigenvalue weighted by Gasteiger charge is -2.25. The zero-order valence-corrected chi connectivity index (χ0v) is 19.4. The van der Waals surface area contributed by atoms with Gasteiger partial charge in [-0.2, -0.15) is 10.4 Å². The number of benzene rings is 3. The van der Waals surface area contributed by atoms with Gasteiger partial charge in [0.2, 0.25) is 10.0 Å². The summed E-state index contributed by atoms with van der Waals surface area (Å²) in [6.07, 6.45) is 1.60. The van der Waals surface area contributed by atoms with Crippen LogP contribution >= 0.6 is 0 Å². The highest BCUT2D eigenvalue weighted by molar-refractivity contribution is 7.93. The maximum atomic E-state index is 13.3. The molecular weight excluding hydrogens is 450 g/mol. The van der Waals surface area contributed by atoms with Crippen molar-refractivity contribution < 1.29 is 13.2 Å². The van der Waals surface area contributed by atoms with E-state index in [1.807, 2.05) is 6.07 Å². The summed E-state index contributed by atoms with van der Waals surface area (Å²) >= 11 is 0. The minimum Gasteiger partial charge on any atom is -0.323 e. The first-order valence-corrected chi connectivity index (χ1v) is 12.2. The third-order valence-electron chi connectivity index (χ3n) is 5.25. The largest absolute Gasteiger partial charge is 0.323 e. The van der Waals surface area contributed by atoms with Gasteiger partial charge in [-0.3, -0.25) is 4.79 Å². The SMILES string of the molecule is CCS(=O)(=O)N(C(=O)[C@@H](N)Cc1cccc(C=NN)c1)c1ccc(-c2ccccc2C#N)cc1. The van der Waals surface area contributed by atoms with Crippen LogP contribution in [0.5, 0.6) is 0 Å². The fourth-order valence-electron chi connectivity index (χ4n) is 3.54. The number of amides is 1. The first-order valence-electron chi connectivity index (χ1n) is 10.5. The lowest BCUT2D eigenvalue weighted by atomic mass is 10.00.